The molecule has 1 N–H and O–H groups in total. The van der Waals surface area contributed by atoms with Crippen LogP contribution in [0.1, 0.15) is 50.6 Å². The van der Waals surface area contributed by atoms with Crippen LogP contribution in [0.15, 0.2) is 12.4 Å². The van der Waals surface area contributed by atoms with Crippen molar-refractivity contribution >= 4 is 11.8 Å². The van der Waals surface area contributed by atoms with E-state index in [1.807, 2.05) is 6.92 Å². The average molecular weight is 247 g/mol. The second-order valence-electron chi connectivity index (χ2n) is 5.44. The first-order chi connectivity index (χ1) is 8.64. The summed E-state index contributed by atoms with van der Waals surface area (Å²) in [5.41, 5.74) is 0.501. The van der Waals surface area contributed by atoms with Gasteiger partial charge in [0.1, 0.15) is 0 Å². The van der Waals surface area contributed by atoms with E-state index >= 15 is 0 Å². The van der Waals surface area contributed by atoms with Gasteiger partial charge in [0.25, 0.3) is 0 Å². The number of likely N-dealkylation sites (tertiary alicyclic amines) is 1. The van der Waals surface area contributed by atoms with Crippen molar-refractivity contribution in [2.45, 2.75) is 45.1 Å². The minimum Gasteiger partial charge on any atom is -0.285 e. The summed E-state index contributed by atoms with van der Waals surface area (Å²) in [5, 5.41) is 6.61. The number of nitrogens with one attached hydrogen (secondary N) is 1. The van der Waals surface area contributed by atoms with Crippen LogP contribution < -0.4 is 0 Å². The fourth-order valence-corrected chi connectivity index (χ4v) is 3.29. The van der Waals surface area contributed by atoms with Crippen LogP contribution in [0.25, 0.3) is 0 Å². The summed E-state index contributed by atoms with van der Waals surface area (Å²) in [6.45, 7) is 1.88. The van der Waals surface area contributed by atoms with Crippen molar-refractivity contribution in [1.82, 2.24) is 15.1 Å². The predicted octanol–water partition coefficient (Wildman–Crippen LogP) is 1.79. The van der Waals surface area contributed by atoms with E-state index in [1.165, 1.54) is 4.90 Å². The van der Waals surface area contributed by atoms with E-state index in [-0.39, 0.29) is 23.3 Å². The molecule has 96 valence electrons. The Labute approximate surface area is 106 Å². The average Bonchev–Trinajstić information content (AvgIpc) is 3.03. The number of H-pyrrole nitrogens is 1. The minimum absolute atomic E-state index is 0.0266. The normalized spacial score (nSPS) is 24.2. The second-order valence-corrected chi connectivity index (χ2v) is 5.44. The van der Waals surface area contributed by atoms with E-state index in [0.29, 0.717) is 6.42 Å². The zero-order chi connectivity index (χ0) is 12.8. The smallest absolute Gasteiger partial charge is 0.236 e. The van der Waals surface area contributed by atoms with E-state index < -0.39 is 0 Å². The maximum atomic E-state index is 12.6. The lowest BCUT2D eigenvalue weighted by Crippen LogP contribution is -2.36. The Morgan fingerprint density at radius 2 is 2.11 bits per heavy atom. The molecule has 1 saturated heterocycles. The number of rotatable bonds is 2. The second kappa shape index (κ2) is 3.93. The van der Waals surface area contributed by atoms with Crippen LogP contribution in [0.3, 0.4) is 0 Å². The molecule has 0 radical (unpaired) electrons. The van der Waals surface area contributed by atoms with Crippen LogP contribution in [0.5, 0.6) is 0 Å². The van der Waals surface area contributed by atoms with Gasteiger partial charge < -0.3 is 0 Å². The highest BCUT2D eigenvalue weighted by Gasteiger charge is 2.53. The highest BCUT2D eigenvalue weighted by atomic mass is 16.2. The zero-order valence-corrected chi connectivity index (χ0v) is 10.5. The van der Waals surface area contributed by atoms with Crippen molar-refractivity contribution in [3.8, 4) is 0 Å². The molecule has 1 unspecified atom stereocenters. The van der Waals surface area contributed by atoms with Gasteiger partial charge in [0.15, 0.2) is 0 Å². The van der Waals surface area contributed by atoms with Crippen molar-refractivity contribution in [1.29, 1.82) is 0 Å². The van der Waals surface area contributed by atoms with Crippen LogP contribution in [-0.2, 0) is 9.59 Å². The molecular formula is C13H17N3O2. The predicted molar refractivity (Wildman–Crippen MR) is 64.4 cm³/mol. The maximum absolute atomic E-state index is 12.6. The molecule has 2 fully saturated rings. The topological polar surface area (TPSA) is 66.1 Å². The molecule has 2 heterocycles. The molecule has 1 aromatic rings. The van der Waals surface area contributed by atoms with Gasteiger partial charge in [-0.15, -0.1) is 0 Å². The summed E-state index contributed by atoms with van der Waals surface area (Å²) in [5.74, 6) is -0.00528. The number of carbonyl (C=O) groups is 2. The van der Waals surface area contributed by atoms with Gasteiger partial charge in [-0.3, -0.25) is 19.6 Å². The largest absolute Gasteiger partial charge is 0.285 e. The van der Waals surface area contributed by atoms with E-state index in [0.717, 1.165) is 31.2 Å². The molecule has 18 heavy (non-hydrogen) atoms. The van der Waals surface area contributed by atoms with Gasteiger partial charge in [0.2, 0.25) is 11.8 Å². The number of aromatic nitrogens is 2. The molecule has 2 aliphatic rings. The lowest BCUT2D eigenvalue weighted by atomic mass is 9.84. The number of nitrogens with zero attached hydrogens (tertiary/aromatic N) is 2. The quantitative estimate of drug-likeness (QED) is 0.810. The standard InChI is InChI=1S/C13H17N3O2/c1-9(10-7-14-15-8-10)16-11(17)6-13(12(16)18)4-2-3-5-13/h7-9H,2-6H2,1H3,(H,14,15). The van der Waals surface area contributed by atoms with E-state index in [4.69, 9.17) is 0 Å². The Balaban J connectivity index is 1.89. The number of aromatic amines is 1. The summed E-state index contributed by atoms with van der Waals surface area (Å²) in [4.78, 5) is 26.1. The molecule has 2 amide bonds. The van der Waals surface area contributed by atoms with Gasteiger partial charge in [-0.1, -0.05) is 12.8 Å². The number of amides is 2. The van der Waals surface area contributed by atoms with E-state index in [2.05, 4.69) is 10.2 Å². The Hall–Kier alpha value is -1.65. The summed E-state index contributed by atoms with van der Waals surface area (Å²) < 4.78 is 0. The summed E-state index contributed by atoms with van der Waals surface area (Å²) in [6, 6.07) is -0.219. The van der Waals surface area contributed by atoms with Crippen molar-refractivity contribution in [3.05, 3.63) is 18.0 Å². The number of imide groups is 1. The van der Waals surface area contributed by atoms with Gasteiger partial charge in [-0.25, -0.2) is 0 Å². The molecule has 1 atom stereocenters. The first-order valence-electron chi connectivity index (χ1n) is 6.49. The molecule has 1 aliphatic heterocycles. The lowest BCUT2D eigenvalue weighted by molar-refractivity contribution is -0.143. The Kier molecular flexibility index (Phi) is 2.50. The van der Waals surface area contributed by atoms with Gasteiger partial charge in [-0.2, -0.15) is 5.10 Å². The number of carbonyl (C=O) groups excluding carboxylic acids is 2. The van der Waals surface area contributed by atoms with Crippen LogP contribution in [0.4, 0.5) is 0 Å². The monoisotopic (exact) mass is 247 g/mol. The Bertz CT molecular complexity index is 474. The minimum atomic E-state index is -0.380. The van der Waals surface area contributed by atoms with Crippen LogP contribution >= 0.6 is 0 Å². The van der Waals surface area contributed by atoms with Crippen molar-refractivity contribution in [2.24, 2.45) is 5.41 Å². The third-order valence-electron chi connectivity index (χ3n) is 4.38. The molecular weight excluding hydrogens is 230 g/mol. The van der Waals surface area contributed by atoms with Crippen LogP contribution in [0, 0.1) is 5.41 Å². The SMILES string of the molecule is CC(c1cn[nH]c1)N1C(=O)CC2(CCCC2)C1=O. The maximum Gasteiger partial charge on any atom is 0.236 e. The molecule has 1 saturated carbocycles. The molecule has 1 aliphatic carbocycles. The first-order valence-corrected chi connectivity index (χ1v) is 6.49. The summed E-state index contributed by atoms with van der Waals surface area (Å²) in [6.07, 6.45) is 7.67. The lowest BCUT2D eigenvalue weighted by Gasteiger charge is -2.25. The fourth-order valence-electron chi connectivity index (χ4n) is 3.29. The van der Waals surface area contributed by atoms with Crippen molar-refractivity contribution < 1.29 is 9.59 Å². The van der Waals surface area contributed by atoms with E-state index in [1.54, 1.807) is 12.4 Å². The van der Waals surface area contributed by atoms with Crippen LogP contribution in [0.2, 0.25) is 0 Å². The van der Waals surface area contributed by atoms with E-state index in [9.17, 15) is 9.59 Å². The summed E-state index contributed by atoms with van der Waals surface area (Å²) in [7, 11) is 0. The van der Waals surface area contributed by atoms with Gasteiger partial charge >= 0.3 is 0 Å². The molecule has 0 bridgehead atoms. The molecule has 3 rings (SSSR count). The van der Waals surface area contributed by atoms with Gasteiger partial charge in [0, 0.05) is 18.2 Å². The molecule has 5 nitrogen and oxygen atoms in total. The number of hydrogen-bond donors (Lipinski definition) is 1. The highest BCUT2D eigenvalue weighted by molar-refractivity contribution is 6.06. The summed E-state index contributed by atoms with van der Waals surface area (Å²) >= 11 is 0. The number of hydrogen-bond acceptors (Lipinski definition) is 3. The van der Waals surface area contributed by atoms with Gasteiger partial charge in [-0.05, 0) is 19.8 Å². The van der Waals surface area contributed by atoms with Crippen molar-refractivity contribution in [2.75, 3.05) is 0 Å². The highest BCUT2D eigenvalue weighted by Crippen LogP contribution is 2.48. The first kappa shape index (κ1) is 11.4. The fraction of sp³-hybridized carbons (Fsp3) is 0.615. The van der Waals surface area contributed by atoms with Crippen LogP contribution in [-0.4, -0.2) is 26.9 Å². The van der Waals surface area contributed by atoms with Gasteiger partial charge in [0.05, 0.1) is 17.7 Å². The molecule has 5 heteroatoms. The molecule has 1 aromatic heterocycles. The Morgan fingerprint density at radius 3 is 2.72 bits per heavy atom. The molecule has 0 aromatic carbocycles. The zero-order valence-electron chi connectivity index (χ0n) is 10.5. The Morgan fingerprint density at radius 1 is 1.39 bits per heavy atom. The van der Waals surface area contributed by atoms with Crippen molar-refractivity contribution in [3.63, 3.8) is 0 Å². The third-order valence-corrected chi connectivity index (χ3v) is 4.38. The third kappa shape index (κ3) is 1.50. The molecule has 1 spiro atoms.